The molecule has 2 amide bonds. The summed E-state index contributed by atoms with van der Waals surface area (Å²) in [5.74, 6) is -0.265. The van der Waals surface area contributed by atoms with Crippen molar-refractivity contribution in [3.63, 3.8) is 0 Å². The SMILES string of the molecule is O=C(C[C@H]1Sc2ccccc2NC1=O)Nc1ccc(N2CCCC2)cc1. The van der Waals surface area contributed by atoms with Crippen molar-refractivity contribution in [1.29, 1.82) is 0 Å². The molecular formula is C20H21N3O2S. The van der Waals surface area contributed by atoms with Crippen LogP contribution in [0.2, 0.25) is 0 Å². The van der Waals surface area contributed by atoms with E-state index in [-0.39, 0.29) is 18.2 Å². The lowest BCUT2D eigenvalue weighted by Crippen LogP contribution is -2.32. The zero-order valence-electron chi connectivity index (χ0n) is 14.4. The van der Waals surface area contributed by atoms with E-state index in [2.05, 4.69) is 15.5 Å². The van der Waals surface area contributed by atoms with Gasteiger partial charge in [-0.25, -0.2) is 0 Å². The highest BCUT2D eigenvalue weighted by Crippen LogP contribution is 2.36. The summed E-state index contributed by atoms with van der Waals surface area (Å²) in [5, 5.41) is 5.36. The van der Waals surface area contributed by atoms with E-state index in [0.29, 0.717) is 0 Å². The molecule has 1 fully saturated rings. The maximum absolute atomic E-state index is 12.4. The normalized spacial score (nSPS) is 19.0. The number of rotatable bonds is 4. The first-order valence-corrected chi connectivity index (χ1v) is 9.78. The Morgan fingerprint density at radius 3 is 2.62 bits per heavy atom. The van der Waals surface area contributed by atoms with E-state index in [4.69, 9.17) is 0 Å². The Labute approximate surface area is 157 Å². The van der Waals surface area contributed by atoms with Gasteiger partial charge in [-0.2, -0.15) is 0 Å². The second-order valence-electron chi connectivity index (χ2n) is 6.59. The van der Waals surface area contributed by atoms with Crippen LogP contribution < -0.4 is 15.5 Å². The summed E-state index contributed by atoms with van der Waals surface area (Å²) in [4.78, 5) is 27.9. The lowest BCUT2D eigenvalue weighted by Gasteiger charge is -2.23. The second kappa shape index (κ2) is 7.41. The number of anilines is 3. The summed E-state index contributed by atoms with van der Waals surface area (Å²) in [5.41, 5.74) is 2.77. The number of carbonyl (C=O) groups excluding carboxylic acids is 2. The molecule has 0 aromatic heterocycles. The number of nitrogens with one attached hydrogen (secondary N) is 2. The van der Waals surface area contributed by atoms with E-state index >= 15 is 0 Å². The minimum Gasteiger partial charge on any atom is -0.372 e. The molecular weight excluding hydrogens is 346 g/mol. The Morgan fingerprint density at radius 1 is 1.12 bits per heavy atom. The average Bonchev–Trinajstić information content (AvgIpc) is 3.17. The predicted molar refractivity (Wildman–Crippen MR) is 106 cm³/mol. The zero-order chi connectivity index (χ0) is 17.9. The van der Waals surface area contributed by atoms with Crippen LogP contribution in [0.1, 0.15) is 19.3 Å². The minimum atomic E-state index is -0.409. The third-order valence-corrected chi connectivity index (χ3v) is 5.97. The first kappa shape index (κ1) is 17.0. The maximum atomic E-state index is 12.4. The number of carbonyl (C=O) groups is 2. The van der Waals surface area contributed by atoms with Gasteiger partial charge in [0.15, 0.2) is 0 Å². The molecule has 5 nitrogen and oxygen atoms in total. The van der Waals surface area contributed by atoms with Gasteiger partial charge in [-0.15, -0.1) is 11.8 Å². The van der Waals surface area contributed by atoms with Crippen LogP contribution in [0.4, 0.5) is 17.1 Å². The molecule has 0 saturated carbocycles. The van der Waals surface area contributed by atoms with Crippen LogP contribution in [0, 0.1) is 0 Å². The van der Waals surface area contributed by atoms with Crippen molar-refractivity contribution in [3.05, 3.63) is 48.5 Å². The van der Waals surface area contributed by atoms with E-state index in [1.54, 1.807) is 0 Å². The van der Waals surface area contributed by atoms with Crippen LogP contribution in [-0.4, -0.2) is 30.2 Å². The number of thioether (sulfide) groups is 1. The lowest BCUT2D eigenvalue weighted by molar-refractivity contribution is -0.120. The second-order valence-corrected chi connectivity index (χ2v) is 7.83. The highest BCUT2D eigenvalue weighted by atomic mass is 32.2. The largest absolute Gasteiger partial charge is 0.372 e. The van der Waals surface area contributed by atoms with Crippen molar-refractivity contribution < 1.29 is 9.59 Å². The number of hydrogen-bond donors (Lipinski definition) is 2. The molecule has 1 saturated heterocycles. The van der Waals surface area contributed by atoms with Gasteiger partial charge in [-0.1, -0.05) is 12.1 Å². The quantitative estimate of drug-likeness (QED) is 0.864. The molecule has 6 heteroatoms. The minimum absolute atomic E-state index is 0.117. The van der Waals surface area contributed by atoms with Gasteiger partial charge in [0.1, 0.15) is 0 Å². The number of amides is 2. The van der Waals surface area contributed by atoms with Crippen LogP contribution in [0.5, 0.6) is 0 Å². The Hall–Kier alpha value is -2.47. The summed E-state index contributed by atoms with van der Waals surface area (Å²) in [6.07, 6.45) is 2.63. The van der Waals surface area contributed by atoms with Crippen LogP contribution >= 0.6 is 11.8 Å². The number of hydrogen-bond acceptors (Lipinski definition) is 4. The smallest absolute Gasteiger partial charge is 0.238 e. The van der Waals surface area contributed by atoms with Crippen LogP contribution in [0.3, 0.4) is 0 Å². The third kappa shape index (κ3) is 3.70. The Balaban J connectivity index is 1.36. The van der Waals surface area contributed by atoms with E-state index in [0.717, 1.165) is 29.4 Å². The standard InChI is InChI=1S/C20H21N3O2S/c24-19(13-18-20(25)22-16-5-1-2-6-17(16)26-18)21-14-7-9-15(10-8-14)23-11-3-4-12-23/h1-2,5-10,18H,3-4,11-13H2,(H,21,24)(H,22,25)/t18-/m1/s1. The molecule has 26 heavy (non-hydrogen) atoms. The Bertz CT molecular complexity index is 816. The van der Waals surface area contributed by atoms with Crippen molar-refractivity contribution in [2.75, 3.05) is 28.6 Å². The summed E-state index contributed by atoms with van der Waals surface area (Å²) in [7, 11) is 0. The highest BCUT2D eigenvalue weighted by molar-refractivity contribution is 8.01. The third-order valence-electron chi connectivity index (χ3n) is 4.70. The van der Waals surface area contributed by atoms with Crippen molar-refractivity contribution in [1.82, 2.24) is 0 Å². The summed E-state index contributed by atoms with van der Waals surface area (Å²) in [6, 6.07) is 15.6. The van der Waals surface area contributed by atoms with Gasteiger partial charge in [0.2, 0.25) is 11.8 Å². The highest BCUT2D eigenvalue weighted by Gasteiger charge is 2.28. The van der Waals surface area contributed by atoms with Crippen LogP contribution in [0.25, 0.3) is 0 Å². The maximum Gasteiger partial charge on any atom is 0.238 e. The molecule has 2 aromatic rings. The number of nitrogens with zero attached hydrogens (tertiary/aromatic N) is 1. The number of fused-ring (bicyclic) bond motifs is 1. The molecule has 0 aliphatic carbocycles. The van der Waals surface area contributed by atoms with Crippen molar-refractivity contribution >= 4 is 40.6 Å². The first-order chi connectivity index (χ1) is 12.7. The van der Waals surface area contributed by atoms with E-state index in [9.17, 15) is 9.59 Å². The van der Waals surface area contributed by atoms with Crippen LogP contribution in [0.15, 0.2) is 53.4 Å². The molecule has 0 radical (unpaired) electrons. The van der Waals surface area contributed by atoms with E-state index < -0.39 is 5.25 Å². The summed E-state index contributed by atoms with van der Waals surface area (Å²) < 4.78 is 0. The van der Waals surface area contributed by atoms with Gasteiger partial charge in [0.05, 0.1) is 10.9 Å². The predicted octanol–water partition coefficient (Wildman–Crippen LogP) is 3.73. The Morgan fingerprint density at radius 2 is 1.85 bits per heavy atom. The molecule has 0 unspecified atom stereocenters. The molecule has 4 rings (SSSR count). The molecule has 1 atom stereocenters. The molecule has 2 aliphatic heterocycles. The fourth-order valence-corrected chi connectivity index (χ4v) is 4.45. The topological polar surface area (TPSA) is 61.4 Å². The summed E-state index contributed by atoms with van der Waals surface area (Å²) >= 11 is 1.44. The molecule has 134 valence electrons. The molecule has 0 bridgehead atoms. The zero-order valence-corrected chi connectivity index (χ0v) is 15.2. The van der Waals surface area contributed by atoms with Gasteiger partial charge in [-0.3, -0.25) is 9.59 Å². The van der Waals surface area contributed by atoms with Crippen molar-refractivity contribution in [3.8, 4) is 0 Å². The molecule has 2 heterocycles. The molecule has 0 spiro atoms. The number of benzene rings is 2. The van der Waals surface area contributed by atoms with E-state index in [1.807, 2.05) is 48.5 Å². The first-order valence-electron chi connectivity index (χ1n) is 8.90. The van der Waals surface area contributed by atoms with Gasteiger partial charge in [0.25, 0.3) is 0 Å². The van der Waals surface area contributed by atoms with Crippen LogP contribution in [-0.2, 0) is 9.59 Å². The van der Waals surface area contributed by atoms with Gasteiger partial charge in [-0.05, 0) is 49.2 Å². The van der Waals surface area contributed by atoms with Crippen molar-refractivity contribution in [2.45, 2.75) is 29.4 Å². The average molecular weight is 367 g/mol. The Kier molecular flexibility index (Phi) is 4.84. The fourth-order valence-electron chi connectivity index (χ4n) is 3.34. The van der Waals surface area contributed by atoms with Gasteiger partial charge >= 0.3 is 0 Å². The number of para-hydroxylation sites is 1. The van der Waals surface area contributed by atoms with Gasteiger partial charge < -0.3 is 15.5 Å². The monoisotopic (exact) mass is 367 g/mol. The fraction of sp³-hybridized carbons (Fsp3) is 0.300. The molecule has 2 aromatic carbocycles. The van der Waals surface area contributed by atoms with E-state index in [1.165, 1.54) is 30.3 Å². The molecule has 2 aliphatic rings. The van der Waals surface area contributed by atoms with Crippen molar-refractivity contribution in [2.24, 2.45) is 0 Å². The summed E-state index contributed by atoms with van der Waals surface area (Å²) in [6.45, 7) is 2.20. The molecule has 2 N–H and O–H groups in total. The van der Waals surface area contributed by atoms with Gasteiger partial charge in [0, 0.05) is 35.8 Å². The lowest BCUT2D eigenvalue weighted by atomic mass is 10.2.